The number of nitrogens with zero attached hydrogens (tertiary/aromatic N) is 5. The van der Waals surface area contributed by atoms with Crippen molar-refractivity contribution in [3.8, 4) is 0 Å². The van der Waals surface area contributed by atoms with E-state index in [9.17, 15) is 4.79 Å². The molecule has 3 aliphatic rings. The second-order valence-electron chi connectivity index (χ2n) is 7.80. The van der Waals surface area contributed by atoms with Crippen LogP contribution in [0.15, 0.2) is 24.4 Å². The highest BCUT2D eigenvalue weighted by molar-refractivity contribution is 7.15. The molecule has 0 aromatic carbocycles. The van der Waals surface area contributed by atoms with Crippen molar-refractivity contribution < 1.29 is 4.79 Å². The number of carbonyl (C=O) groups excluding carboxylic acids is 1. The molecule has 2 aromatic rings. The maximum absolute atomic E-state index is 12.5. The highest BCUT2D eigenvalue weighted by Crippen LogP contribution is 2.30. The Labute approximate surface area is 169 Å². The van der Waals surface area contributed by atoms with Crippen LogP contribution in [0, 0.1) is 0 Å². The van der Waals surface area contributed by atoms with Gasteiger partial charge in [-0.3, -0.25) is 10.2 Å². The molecule has 0 spiro atoms. The average Bonchev–Trinajstić information content (AvgIpc) is 3.10. The second-order valence-corrected chi connectivity index (χ2v) is 8.88. The first-order chi connectivity index (χ1) is 13.8. The number of nitrogens with one attached hydrogen (secondary N) is 1. The van der Waals surface area contributed by atoms with Gasteiger partial charge in [0.25, 0.3) is 0 Å². The van der Waals surface area contributed by atoms with Crippen LogP contribution in [0.3, 0.4) is 0 Å². The Morgan fingerprint density at radius 1 is 1.11 bits per heavy atom. The summed E-state index contributed by atoms with van der Waals surface area (Å²) in [5.41, 5.74) is 1.19. The number of pyridine rings is 1. The highest BCUT2D eigenvalue weighted by atomic mass is 32.1. The second kappa shape index (κ2) is 7.67. The number of amides is 2. The van der Waals surface area contributed by atoms with Crippen LogP contribution in [0.1, 0.15) is 23.4 Å². The first-order valence-corrected chi connectivity index (χ1v) is 11.0. The summed E-state index contributed by atoms with van der Waals surface area (Å²) >= 11 is 1.65. The van der Waals surface area contributed by atoms with Crippen molar-refractivity contribution in [1.82, 2.24) is 19.8 Å². The number of piperazine rings is 1. The zero-order chi connectivity index (χ0) is 18.9. The van der Waals surface area contributed by atoms with Gasteiger partial charge in [-0.05, 0) is 37.8 Å². The molecule has 2 fully saturated rings. The van der Waals surface area contributed by atoms with Gasteiger partial charge < -0.3 is 9.80 Å². The van der Waals surface area contributed by atoms with Gasteiger partial charge in [-0.1, -0.05) is 6.07 Å². The molecule has 2 aliphatic heterocycles. The van der Waals surface area contributed by atoms with Crippen molar-refractivity contribution in [1.29, 1.82) is 0 Å². The number of anilines is 2. The molecule has 0 atom stereocenters. The third kappa shape index (κ3) is 3.58. The van der Waals surface area contributed by atoms with Crippen LogP contribution in [0.2, 0.25) is 0 Å². The zero-order valence-corrected chi connectivity index (χ0v) is 16.8. The third-order valence-corrected chi connectivity index (χ3v) is 7.09. The predicted molar refractivity (Wildman–Crippen MR) is 111 cm³/mol. The predicted octanol–water partition coefficient (Wildman–Crippen LogP) is 2.46. The summed E-state index contributed by atoms with van der Waals surface area (Å²) in [5, 5.41) is 3.78. The lowest BCUT2D eigenvalue weighted by Crippen LogP contribution is -2.64. The molecule has 0 saturated carbocycles. The summed E-state index contributed by atoms with van der Waals surface area (Å²) in [4.78, 5) is 29.7. The van der Waals surface area contributed by atoms with Gasteiger partial charge in [0.1, 0.15) is 5.82 Å². The molecule has 1 aliphatic carbocycles. The molecular weight excluding hydrogens is 372 g/mol. The fourth-order valence-corrected chi connectivity index (χ4v) is 5.32. The van der Waals surface area contributed by atoms with Crippen molar-refractivity contribution in [2.24, 2.45) is 0 Å². The number of likely N-dealkylation sites (tertiary alicyclic amines) is 1. The molecule has 8 heteroatoms. The number of aromatic nitrogens is 2. The van der Waals surface area contributed by atoms with Gasteiger partial charge >= 0.3 is 6.03 Å². The van der Waals surface area contributed by atoms with Crippen LogP contribution in [-0.4, -0.2) is 71.1 Å². The molecule has 0 unspecified atom stereocenters. The quantitative estimate of drug-likeness (QED) is 0.860. The minimum absolute atomic E-state index is 0.00512. The van der Waals surface area contributed by atoms with Crippen LogP contribution in [0.5, 0.6) is 0 Å². The minimum Gasteiger partial charge on any atom is -0.354 e. The summed E-state index contributed by atoms with van der Waals surface area (Å²) in [6.45, 7) is 5.64. The number of fused-ring (bicyclic) bond motifs is 1. The van der Waals surface area contributed by atoms with Gasteiger partial charge in [0.2, 0.25) is 0 Å². The van der Waals surface area contributed by atoms with Crippen molar-refractivity contribution >= 4 is 28.3 Å². The molecule has 0 bridgehead atoms. The molecule has 1 N–H and O–H groups in total. The van der Waals surface area contributed by atoms with Crippen molar-refractivity contribution in [2.45, 2.75) is 31.7 Å². The van der Waals surface area contributed by atoms with E-state index in [4.69, 9.17) is 0 Å². The summed E-state index contributed by atoms with van der Waals surface area (Å²) in [6.07, 6.45) is 6.47. The van der Waals surface area contributed by atoms with E-state index < -0.39 is 0 Å². The topological polar surface area (TPSA) is 64.6 Å². The van der Waals surface area contributed by atoms with E-state index in [1.807, 2.05) is 23.2 Å². The maximum Gasteiger partial charge on any atom is 0.323 e. The number of aryl methyl sites for hydroxylation is 2. The largest absolute Gasteiger partial charge is 0.354 e. The Morgan fingerprint density at radius 2 is 1.93 bits per heavy atom. The Kier molecular flexibility index (Phi) is 4.90. The van der Waals surface area contributed by atoms with Gasteiger partial charge in [0.15, 0.2) is 5.13 Å². The summed E-state index contributed by atoms with van der Waals surface area (Å²) < 4.78 is 0. The monoisotopic (exact) mass is 398 g/mol. The molecule has 0 radical (unpaired) electrons. The number of hydrogen-bond donors (Lipinski definition) is 1. The van der Waals surface area contributed by atoms with E-state index in [2.05, 4.69) is 31.2 Å². The average molecular weight is 399 g/mol. The van der Waals surface area contributed by atoms with Gasteiger partial charge in [-0.2, -0.15) is 0 Å². The first-order valence-electron chi connectivity index (χ1n) is 10.2. The summed E-state index contributed by atoms with van der Waals surface area (Å²) in [7, 11) is 0. The Morgan fingerprint density at radius 3 is 2.68 bits per heavy atom. The number of thiazole rings is 1. The fraction of sp³-hybridized carbons (Fsp3) is 0.550. The maximum atomic E-state index is 12.5. The van der Waals surface area contributed by atoms with Crippen LogP contribution in [-0.2, 0) is 12.8 Å². The number of carbonyl (C=O) groups is 1. The number of hydrogen-bond acceptors (Lipinski definition) is 6. The van der Waals surface area contributed by atoms with Crippen molar-refractivity contribution in [3.63, 3.8) is 0 Å². The van der Waals surface area contributed by atoms with Gasteiger partial charge in [0.05, 0.1) is 5.69 Å². The lowest BCUT2D eigenvalue weighted by molar-refractivity contribution is 0.0577. The van der Waals surface area contributed by atoms with E-state index in [-0.39, 0.29) is 6.03 Å². The Bertz CT molecular complexity index is 803. The van der Waals surface area contributed by atoms with Gasteiger partial charge in [0, 0.05) is 56.4 Å². The minimum atomic E-state index is -0.00512. The lowest BCUT2D eigenvalue weighted by atomic mass is 10.0. The van der Waals surface area contributed by atoms with Gasteiger partial charge in [-0.15, -0.1) is 11.3 Å². The number of rotatable bonds is 3. The lowest BCUT2D eigenvalue weighted by Gasteiger charge is -2.48. The van der Waals surface area contributed by atoms with E-state index in [0.29, 0.717) is 6.04 Å². The molecule has 2 amide bonds. The molecule has 4 heterocycles. The molecule has 28 heavy (non-hydrogen) atoms. The molecule has 5 rings (SSSR count). The smallest absolute Gasteiger partial charge is 0.323 e. The standard InChI is InChI=1S/C20H26N6OS/c27-20(23-19-22-16-5-1-2-6-17(16)28-19)26-13-15(14-26)24-9-11-25(12-10-24)18-7-3-4-8-21-18/h3-4,7-8,15H,1-2,5-6,9-14H2,(H,22,23,27). The summed E-state index contributed by atoms with van der Waals surface area (Å²) in [6, 6.07) is 6.53. The van der Waals surface area contributed by atoms with E-state index in [0.717, 1.165) is 63.1 Å². The van der Waals surface area contributed by atoms with Crippen molar-refractivity contribution in [2.75, 3.05) is 49.5 Å². The molecule has 2 saturated heterocycles. The van der Waals surface area contributed by atoms with Crippen LogP contribution < -0.4 is 10.2 Å². The van der Waals surface area contributed by atoms with Crippen LogP contribution >= 0.6 is 11.3 Å². The molecule has 148 valence electrons. The first kappa shape index (κ1) is 17.9. The van der Waals surface area contributed by atoms with Crippen molar-refractivity contribution in [3.05, 3.63) is 35.0 Å². The van der Waals surface area contributed by atoms with Crippen LogP contribution in [0.25, 0.3) is 0 Å². The van der Waals surface area contributed by atoms with Crippen LogP contribution in [0.4, 0.5) is 15.7 Å². The number of urea groups is 1. The third-order valence-electron chi connectivity index (χ3n) is 6.01. The Hall–Kier alpha value is -2.19. The van der Waals surface area contributed by atoms with E-state index in [1.54, 1.807) is 11.3 Å². The van der Waals surface area contributed by atoms with Gasteiger partial charge in [-0.25, -0.2) is 14.8 Å². The molecule has 2 aromatic heterocycles. The fourth-order valence-electron chi connectivity index (χ4n) is 4.29. The zero-order valence-electron chi connectivity index (χ0n) is 16.0. The summed E-state index contributed by atoms with van der Waals surface area (Å²) in [5.74, 6) is 1.06. The normalized spacial score (nSPS) is 20.6. The van der Waals surface area contributed by atoms with E-state index in [1.165, 1.54) is 23.4 Å². The SMILES string of the molecule is O=C(Nc1nc2c(s1)CCCC2)N1CC(N2CCN(c3ccccn3)CC2)C1. The van der Waals surface area contributed by atoms with E-state index >= 15 is 0 Å². The Balaban J connectivity index is 1.09. The molecular formula is C20H26N6OS. The molecule has 7 nitrogen and oxygen atoms in total. The highest BCUT2D eigenvalue weighted by Gasteiger charge is 2.36.